The molecular formula is C12H16BrNO. The molecule has 0 bridgehead atoms. The van der Waals surface area contributed by atoms with Gasteiger partial charge in [0.05, 0.1) is 0 Å². The molecule has 1 aromatic carbocycles. The van der Waals surface area contributed by atoms with Crippen LogP contribution in [0.25, 0.3) is 0 Å². The molecule has 0 radical (unpaired) electrons. The molecule has 0 atom stereocenters. The van der Waals surface area contributed by atoms with Crippen LogP contribution in [0.2, 0.25) is 0 Å². The highest BCUT2D eigenvalue weighted by Gasteiger charge is 2.18. The molecule has 3 heteroatoms. The number of halogens is 1. The van der Waals surface area contributed by atoms with Crippen molar-refractivity contribution in [3.63, 3.8) is 0 Å². The molecule has 0 fully saturated rings. The maximum Gasteiger partial charge on any atom is 0.221 e. The number of hydrogen-bond acceptors (Lipinski definition) is 1. The number of amides is 1. The second-order valence-electron chi connectivity index (χ2n) is 4.62. The second-order valence-corrected chi connectivity index (χ2v) is 5.54. The first-order chi connectivity index (χ1) is 6.80. The molecule has 0 saturated carbocycles. The van der Waals surface area contributed by atoms with Gasteiger partial charge in [-0.15, -0.1) is 0 Å². The summed E-state index contributed by atoms with van der Waals surface area (Å²) >= 11 is 3.44. The van der Waals surface area contributed by atoms with Crippen LogP contribution in [0.1, 0.15) is 33.3 Å². The summed E-state index contributed by atoms with van der Waals surface area (Å²) in [6, 6.07) is 5.90. The third kappa shape index (κ3) is 3.34. The molecule has 82 valence electrons. The second kappa shape index (κ2) is 4.35. The average Bonchev–Trinajstić information content (AvgIpc) is 2.05. The lowest BCUT2D eigenvalue weighted by Crippen LogP contribution is -2.16. The van der Waals surface area contributed by atoms with Gasteiger partial charge in [0.2, 0.25) is 5.91 Å². The van der Waals surface area contributed by atoms with Crippen LogP contribution in [0.3, 0.4) is 0 Å². The Balaban J connectivity index is 3.20. The minimum atomic E-state index is -0.0391. The molecule has 15 heavy (non-hydrogen) atoms. The molecule has 0 aliphatic rings. The summed E-state index contributed by atoms with van der Waals surface area (Å²) < 4.78 is 1.03. The highest BCUT2D eigenvalue weighted by molar-refractivity contribution is 9.10. The van der Waals surface area contributed by atoms with Crippen LogP contribution in [-0.2, 0) is 10.2 Å². The smallest absolute Gasteiger partial charge is 0.221 e. The Morgan fingerprint density at radius 1 is 1.33 bits per heavy atom. The van der Waals surface area contributed by atoms with Crippen LogP contribution in [0, 0.1) is 0 Å². The maximum atomic E-state index is 11.1. The van der Waals surface area contributed by atoms with Crippen molar-refractivity contribution in [2.24, 2.45) is 0 Å². The number of benzene rings is 1. The summed E-state index contributed by atoms with van der Waals surface area (Å²) in [7, 11) is 0. The zero-order valence-corrected chi connectivity index (χ0v) is 11.1. The zero-order chi connectivity index (χ0) is 11.6. The van der Waals surface area contributed by atoms with Crippen molar-refractivity contribution >= 4 is 27.5 Å². The third-order valence-corrected chi connectivity index (χ3v) is 2.59. The normalized spacial score (nSPS) is 11.3. The van der Waals surface area contributed by atoms with Gasteiger partial charge >= 0.3 is 0 Å². The van der Waals surface area contributed by atoms with Crippen LogP contribution >= 0.6 is 15.9 Å². The topological polar surface area (TPSA) is 29.1 Å². The highest BCUT2D eigenvalue weighted by atomic mass is 79.9. The summed E-state index contributed by atoms with van der Waals surface area (Å²) in [6.45, 7) is 7.90. The Kier molecular flexibility index (Phi) is 3.55. The lowest BCUT2D eigenvalue weighted by atomic mass is 9.86. The fourth-order valence-electron chi connectivity index (χ4n) is 1.44. The number of carbonyl (C=O) groups excluding carboxylic acids is 1. The van der Waals surface area contributed by atoms with Crippen molar-refractivity contribution in [1.82, 2.24) is 0 Å². The summed E-state index contributed by atoms with van der Waals surface area (Å²) in [5.41, 5.74) is 2.03. The van der Waals surface area contributed by atoms with E-state index in [2.05, 4.69) is 42.0 Å². The van der Waals surface area contributed by atoms with E-state index in [1.807, 2.05) is 18.2 Å². The molecular weight excluding hydrogens is 254 g/mol. The summed E-state index contributed by atoms with van der Waals surface area (Å²) in [6.07, 6.45) is 0. The quantitative estimate of drug-likeness (QED) is 0.828. The third-order valence-electron chi connectivity index (χ3n) is 2.10. The Morgan fingerprint density at radius 2 is 1.93 bits per heavy atom. The first-order valence-electron chi connectivity index (χ1n) is 4.88. The Morgan fingerprint density at radius 3 is 2.40 bits per heavy atom. The van der Waals surface area contributed by atoms with Gasteiger partial charge in [-0.1, -0.05) is 36.7 Å². The Hall–Kier alpha value is -0.830. The minimum Gasteiger partial charge on any atom is -0.326 e. The zero-order valence-electron chi connectivity index (χ0n) is 9.52. The van der Waals surface area contributed by atoms with Crippen LogP contribution in [0.4, 0.5) is 5.69 Å². The van der Waals surface area contributed by atoms with E-state index in [9.17, 15) is 4.79 Å². The first-order valence-corrected chi connectivity index (χ1v) is 5.67. The van der Waals surface area contributed by atoms with E-state index in [0.717, 1.165) is 15.7 Å². The van der Waals surface area contributed by atoms with Gasteiger partial charge in [0.1, 0.15) is 0 Å². The van der Waals surface area contributed by atoms with Gasteiger partial charge in [0.25, 0.3) is 0 Å². The van der Waals surface area contributed by atoms with Gasteiger partial charge in [0, 0.05) is 17.1 Å². The molecule has 0 unspecified atom stereocenters. The number of hydrogen-bond donors (Lipinski definition) is 1. The molecule has 1 N–H and O–H groups in total. The van der Waals surface area contributed by atoms with Crippen molar-refractivity contribution in [2.75, 3.05) is 5.32 Å². The fourth-order valence-corrected chi connectivity index (χ4v) is 1.80. The number of anilines is 1. The van der Waals surface area contributed by atoms with E-state index < -0.39 is 0 Å². The first kappa shape index (κ1) is 12.2. The van der Waals surface area contributed by atoms with Crippen LogP contribution in [-0.4, -0.2) is 5.91 Å². The number of nitrogens with one attached hydrogen (secondary N) is 1. The van der Waals surface area contributed by atoms with Crippen molar-refractivity contribution in [3.8, 4) is 0 Å². The van der Waals surface area contributed by atoms with Gasteiger partial charge in [-0.3, -0.25) is 4.79 Å². The fraction of sp³-hybridized carbons (Fsp3) is 0.417. The lowest BCUT2D eigenvalue weighted by Gasteiger charge is -2.23. The lowest BCUT2D eigenvalue weighted by molar-refractivity contribution is -0.114. The van der Waals surface area contributed by atoms with E-state index in [0.29, 0.717) is 0 Å². The molecule has 0 aliphatic heterocycles. The largest absolute Gasteiger partial charge is 0.326 e. The summed E-state index contributed by atoms with van der Waals surface area (Å²) in [4.78, 5) is 11.1. The monoisotopic (exact) mass is 269 g/mol. The van der Waals surface area contributed by atoms with Crippen molar-refractivity contribution in [2.45, 2.75) is 33.1 Å². The van der Waals surface area contributed by atoms with Gasteiger partial charge in [-0.05, 0) is 29.2 Å². The van der Waals surface area contributed by atoms with Crippen molar-refractivity contribution < 1.29 is 4.79 Å². The molecule has 0 aliphatic carbocycles. The van der Waals surface area contributed by atoms with E-state index in [-0.39, 0.29) is 11.3 Å². The summed E-state index contributed by atoms with van der Waals surface area (Å²) in [5, 5.41) is 2.85. The van der Waals surface area contributed by atoms with E-state index in [4.69, 9.17) is 0 Å². The van der Waals surface area contributed by atoms with E-state index in [1.165, 1.54) is 6.92 Å². The standard InChI is InChI=1S/C12H16BrNO/c1-8(15)14-11-6-5-9(13)7-10(11)12(2,3)4/h5-7H,1-4H3,(H,14,15). The average molecular weight is 270 g/mol. The Labute approximate surface area is 99.2 Å². The van der Waals surface area contributed by atoms with Crippen molar-refractivity contribution in [3.05, 3.63) is 28.2 Å². The molecule has 1 rings (SSSR count). The summed E-state index contributed by atoms with van der Waals surface area (Å²) in [5.74, 6) is -0.0391. The van der Waals surface area contributed by atoms with Crippen molar-refractivity contribution in [1.29, 1.82) is 0 Å². The SMILES string of the molecule is CC(=O)Nc1ccc(Br)cc1C(C)(C)C. The molecule has 1 amide bonds. The number of rotatable bonds is 1. The minimum absolute atomic E-state index is 0.0154. The van der Waals surface area contributed by atoms with Crippen LogP contribution in [0.5, 0.6) is 0 Å². The van der Waals surface area contributed by atoms with Crippen LogP contribution in [0.15, 0.2) is 22.7 Å². The van der Waals surface area contributed by atoms with E-state index in [1.54, 1.807) is 0 Å². The van der Waals surface area contributed by atoms with Gasteiger partial charge in [0.15, 0.2) is 0 Å². The van der Waals surface area contributed by atoms with Gasteiger partial charge in [-0.2, -0.15) is 0 Å². The molecule has 0 heterocycles. The number of carbonyl (C=O) groups is 1. The molecule has 2 nitrogen and oxygen atoms in total. The van der Waals surface area contributed by atoms with Gasteiger partial charge in [-0.25, -0.2) is 0 Å². The predicted molar refractivity (Wildman–Crippen MR) is 67.1 cm³/mol. The molecule has 0 spiro atoms. The molecule has 1 aromatic rings. The molecule has 0 saturated heterocycles. The molecule has 0 aromatic heterocycles. The van der Waals surface area contributed by atoms with Gasteiger partial charge < -0.3 is 5.32 Å². The highest BCUT2D eigenvalue weighted by Crippen LogP contribution is 2.31. The van der Waals surface area contributed by atoms with E-state index >= 15 is 0 Å². The Bertz CT molecular complexity index is 380. The predicted octanol–water partition coefficient (Wildman–Crippen LogP) is 3.71. The van der Waals surface area contributed by atoms with Crippen LogP contribution < -0.4 is 5.32 Å². The maximum absolute atomic E-state index is 11.1.